The summed E-state index contributed by atoms with van der Waals surface area (Å²) in [6.45, 7) is 0. The average molecular weight is 301 g/mol. The molecule has 1 heterocycles. The minimum absolute atomic E-state index is 0.427. The SMILES string of the molecule is Cn1nnc(C(Cl)(Cl)C(Cl)(Cl)Cl)c1F. The van der Waals surface area contributed by atoms with E-state index in [2.05, 4.69) is 10.3 Å². The van der Waals surface area contributed by atoms with Crippen molar-refractivity contribution in [2.75, 3.05) is 0 Å². The largest absolute Gasteiger partial charge is 0.237 e. The normalized spacial score (nSPS) is 13.4. The topological polar surface area (TPSA) is 30.7 Å². The maximum atomic E-state index is 13.3. The molecule has 0 radical (unpaired) electrons. The van der Waals surface area contributed by atoms with Crippen LogP contribution in [0.2, 0.25) is 0 Å². The predicted molar refractivity (Wildman–Crippen MR) is 54.6 cm³/mol. The summed E-state index contributed by atoms with van der Waals surface area (Å²) in [4.78, 5) is 0. The fourth-order valence-electron chi connectivity index (χ4n) is 0.672. The minimum Gasteiger partial charge on any atom is -0.222 e. The van der Waals surface area contributed by atoms with Gasteiger partial charge < -0.3 is 0 Å². The average Bonchev–Trinajstić information content (AvgIpc) is 2.30. The maximum Gasteiger partial charge on any atom is 0.237 e. The van der Waals surface area contributed by atoms with E-state index in [9.17, 15) is 4.39 Å². The van der Waals surface area contributed by atoms with Crippen LogP contribution in [0.5, 0.6) is 0 Å². The summed E-state index contributed by atoms with van der Waals surface area (Å²) in [5, 5.41) is 6.72. The molecule has 0 atom stereocenters. The van der Waals surface area contributed by atoms with Crippen molar-refractivity contribution in [3.05, 3.63) is 11.6 Å². The molecule has 0 spiro atoms. The van der Waals surface area contributed by atoms with E-state index < -0.39 is 19.8 Å². The van der Waals surface area contributed by atoms with Gasteiger partial charge in [-0.1, -0.05) is 63.2 Å². The second-order valence-electron chi connectivity index (χ2n) is 2.42. The van der Waals surface area contributed by atoms with Crippen molar-refractivity contribution in [3.63, 3.8) is 0 Å². The summed E-state index contributed by atoms with van der Waals surface area (Å²) in [7, 11) is 1.31. The molecule has 3 nitrogen and oxygen atoms in total. The molecule has 0 aromatic carbocycles. The lowest BCUT2D eigenvalue weighted by atomic mass is 10.3. The summed E-state index contributed by atoms with van der Waals surface area (Å²) >= 11 is 27.7. The lowest BCUT2D eigenvalue weighted by Crippen LogP contribution is -2.30. The Hall–Kier alpha value is 0.520. The Labute approximate surface area is 104 Å². The van der Waals surface area contributed by atoms with E-state index in [1.165, 1.54) is 7.05 Å². The van der Waals surface area contributed by atoms with Crippen LogP contribution in [0.1, 0.15) is 5.69 Å². The number of rotatable bonds is 1. The molecule has 0 fully saturated rings. The van der Waals surface area contributed by atoms with Crippen LogP contribution in [0.4, 0.5) is 4.39 Å². The van der Waals surface area contributed by atoms with Crippen LogP contribution in [0.25, 0.3) is 0 Å². The van der Waals surface area contributed by atoms with Gasteiger partial charge in [0, 0.05) is 7.05 Å². The van der Waals surface area contributed by atoms with Gasteiger partial charge in [0.2, 0.25) is 14.1 Å². The summed E-state index contributed by atoms with van der Waals surface area (Å²) in [5.74, 6) is -0.860. The van der Waals surface area contributed by atoms with E-state index in [-0.39, 0.29) is 0 Å². The van der Waals surface area contributed by atoms with Gasteiger partial charge in [0.1, 0.15) is 0 Å². The first-order valence-corrected chi connectivity index (χ1v) is 5.07. The molecule has 0 bridgehead atoms. The third-order valence-electron chi connectivity index (χ3n) is 1.41. The summed E-state index contributed by atoms with van der Waals surface area (Å²) in [6, 6.07) is 0. The second-order valence-corrected chi connectivity index (χ2v) is 6.03. The fraction of sp³-hybridized carbons (Fsp3) is 0.600. The summed E-state index contributed by atoms with van der Waals surface area (Å²) in [5.41, 5.74) is -0.427. The van der Waals surface area contributed by atoms with Gasteiger partial charge in [-0.3, -0.25) is 0 Å². The van der Waals surface area contributed by atoms with E-state index in [0.717, 1.165) is 4.68 Å². The van der Waals surface area contributed by atoms with E-state index in [1.54, 1.807) is 0 Å². The molecule has 1 aromatic rings. The van der Waals surface area contributed by atoms with Gasteiger partial charge in [-0.15, -0.1) is 5.10 Å². The molecule has 0 unspecified atom stereocenters. The first-order valence-electron chi connectivity index (χ1n) is 3.18. The van der Waals surface area contributed by atoms with Gasteiger partial charge in [-0.05, 0) is 0 Å². The van der Waals surface area contributed by atoms with E-state index in [1.807, 2.05) is 0 Å². The zero-order valence-corrected chi connectivity index (χ0v) is 10.4. The molecule has 1 aromatic heterocycles. The Morgan fingerprint density at radius 2 is 1.71 bits per heavy atom. The van der Waals surface area contributed by atoms with Gasteiger partial charge in [-0.25, -0.2) is 4.68 Å². The molecular formula is C5H3Cl5FN3. The van der Waals surface area contributed by atoms with Crippen molar-refractivity contribution < 1.29 is 4.39 Å². The van der Waals surface area contributed by atoms with Crippen LogP contribution in [-0.4, -0.2) is 18.8 Å². The Kier molecular flexibility index (Phi) is 3.44. The van der Waals surface area contributed by atoms with Crippen LogP contribution in [0.3, 0.4) is 0 Å². The van der Waals surface area contributed by atoms with Crippen LogP contribution >= 0.6 is 58.0 Å². The van der Waals surface area contributed by atoms with Crippen LogP contribution in [0.15, 0.2) is 0 Å². The second kappa shape index (κ2) is 3.83. The van der Waals surface area contributed by atoms with Crippen molar-refractivity contribution in [1.82, 2.24) is 15.0 Å². The summed E-state index contributed by atoms with van der Waals surface area (Å²) < 4.78 is 9.91. The molecule has 80 valence electrons. The van der Waals surface area contributed by atoms with E-state index >= 15 is 0 Å². The highest BCUT2D eigenvalue weighted by Crippen LogP contribution is 2.52. The molecule has 0 saturated carbocycles. The summed E-state index contributed by atoms with van der Waals surface area (Å²) in [6.07, 6.45) is 0. The number of halogens is 6. The zero-order chi connectivity index (χ0) is 11.1. The highest BCUT2D eigenvalue weighted by Gasteiger charge is 2.51. The maximum absolute atomic E-state index is 13.3. The Morgan fingerprint density at radius 3 is 2.00 bits per heavy atom. The van der Waals surface area contributed by atoms with E-state index in [4.69, 9.17) is 58.0 Å². The molecular weight excluding hydrogens is 298 g/mol. The molecule has 14 heavy (non-hydrogen) atoms. The molecule has 0 saturated heterocycles. The minimum atomic E-state index is -2.10. The van der Waals surface area contributed by atoms with Gasteiger partial charge in [0.15, 0.2) is 5.69 Å². The first kappa shape index (κ1) is 12.6. The van der Waals surface area contributed by atoms with Crippen molar-refractivity contribution in [1.29, 1.82) is 0 Å². The monoisotopic (exact) mass is 299 g/mol. The quantitative estimate of drug-likeness (QED) is 0.747. The van der Waals surface area contributed by atoms with Crippen molar-refractivity contribution in [2.24, 2.45) is 7.05 Å². The molecule has 0 N–H and O–H groups in total. The third kappa shape index (κ3) is 2.04. The number of nitrogens with zero attached hydrogens (tertiary/aromatic N) is 3. The van der Waals surface area contributed by atoms with Gasteiger partial charge in [0.25, 0.3) is 0 Å². The predicted octanol–water partition coefficient (Wildman–Crippen LogP) is 2.95. The number of aromatic nitrogens is 3. The lowest BCUT2D eigenvalue weighted by Gasteiger charge is -2.24. The highest BCUT2D eigenvalue weighted by molar-refractivity contribution is 6.75. The van der Waals surface area contributed by atoms with Gasteiger partial charge in [-0.2, -0.15) is 4.39 Å². The molecule has 1 rings (SSSR count). The van der Waals surface area contributed by atoms with Gasteiger partial charge >= 0.3 is 0 Å². The fourth-order valence-corrected chi connectivity index (χ4v) is 1.17. The Bertz CT molecular complexity index is 344. The highest BCUT2D eigenvalue weighted by atomic mass is 35.6. The van der Waals surface area contributed by atoms with Crippen molar-refractivity contribution in [3.8, 4) is 0 Å². The van der Waals surface area contributed by atoms with Crippen molar-refractivity contribution >= 4 is 58.0 Å². The smallest absolute Gasteiger partial charge is 0.222 e. The van der Waals surface area contributed by atoms with Gasteiger partial charge in [0.05, 0.1) is 0 Å². The molecule has 0 aliphatic carbocycles. The molecule has 0 aliphatic rings. The van der Waals surface area contributed by atoms with E-state index in [0.29, 0.717) is 0 Å². The van der Waals surface area contributed by atoms with Crippen LogP contribution in [0, 0.1) is 5.95 Å². The first-order chi connectivity index (χ1) is 6.18. The Morgan fingerprint density at radius 1 is 1.21 bits per heavy atom. The number of alkyl halides is 5. The third-order valence-corrected chi connectivity index (χ3v) is 3.77. The lowest BCUT2D eigenvalue weighted by molar-refractivity contribution is 0.490. The van der Waals surface area contributed by atoms with Crippen LogP contribution in [-0.2, 0) is 11.4 Å². The Balaban J connectivity index is 3.23. The molecule has 9 heteroatoms. The number of aryl methyl sites for hydroxylation is 1. The zero-order valence-electron chi connectivity index (χ0n) is 6.61. The van der Waals surface area contributed by atoms with Crippen molar-refractivity contribution in [2.45, 2.75) is 8.13 Å². The molecule has 0 aliphatic heterocycles. The van der Waals surface area contributed by atoms with Crippen LogP contribution < -0.4 is 0 Å². The molecule has 0 amide bonds. The number of hydrogen-bond donors (Lipinski definition) is 0. The standard InChI is InChI=1S/C5H3Cl5FN3/c1-14-3(11)2(12-13-14)4(6,7)5(8,9)10/h1H3. The number of hydrogen-bond acceptors (Lipinski definition) is 2.